The van der Waals surface area contributed by atoms with Crippen molar-refractivity contribution in [2.24, 2.45) is 13.0 Å². The molecule has 1 fully saturated rings. The number of aromatic amines is 1. The Bertz CT molecular complexity index is 751. The van der Waals surface area contributed by atoms with Gasteiger partial charge in [-0.05, 0) is 13.0 Å². The summed E-state index contributed by atoms with van der Waals surface area (Å²) in [4.78, 5) is 28.5. The van der Waals surface area contributed by atoms with Gasteiger partial charge in [0.2, 0.25) is 11.8 Å². The second kappa shape index (κ2) is 6.10. The van der Waals surface area contributed by atoms with Gasteiger partial charge in [-0.25, -0.2) is 0 Å². The molecule has 128 valence electrons. The van der Waals surface area contributed by atoms with Gasteiger partial charge in [-0.3, -0.25) is 19.4 Å². The molecular weight excluding hydrogens is 308 g/mol. The van der Waals surface area contributed by atoms with Crippen molar-refractivity contribution in [1.82, 2.24) is 29.8 Å². The van der Waals surface area contributed by atoms with Gasteiger partial charge in [0.25, 0.3) is 0 Å². The third kappa shape index (κ3) is 2.68. The molecule has 3 rings (SSSR count). The van der Waals surface area contributed by atoms with Gasteiger partial charge in [0.05, 0.1) is 30.4 Å². The van der Waals surface area contributed by atoms with Crippen LogP contribution in [0.1, 0.15) is 29.4 Å². The molecule has 2 amide bonds. The molecule has 24 heavy (non-hydrogen) atoms. The maximum atomic E-state index is 13.0. The summed E-state index contributed by atoms with van der Waals surface area (Å²) < 4.78 is 1.77. The van der Waals surface area contributed by atoms with Crippen LogP contribution in [0.15, 0.2) is 18.5 Å². The minimum absolute atomic E-state index is 0.0171. The number of aromatic nitrogens is 4. The Hall–Kier alpha value is -2.64. The van der Waals surface area contributed by atoms with Crippen molar-refractivity contribution in [2.75, 3.05) is 14.1 Å². The molecule has 0 unspecified atom stereocenters. The molecule has 1 saturated heterocycles. The van der Waals surface area contributed by atoms with E-state index in [0.717, 1.165) is 17.0 Å². The Kier molecular flexibility index (Phi) is 4.13. The Balaban J connectivity index is 1.85. The van der Waals surface area contributed by atoms with Crippen LogP contribution in [0.5, 0.6) is 0 Å². The van der Waals surface area contributed by atoms with Crippen LogP contribution in [0.3, 0.4) is 0 Å². The van der Waals surface area contributed by atoms with E-state index in [-0.39, 0.29) is 24.3 Å². The lowest BCUT2D eigenvalue weighted by molar-refractivity contribution is -0.135. The number of likely N-dealkylation sites (tertiary alicyclic amines) is 1. The molecule has 0 aliphatic carbocycles. The maximum absolute atomic E-state index is 13.0. The zero-order chi connectivity index (χ0) is 17.4. The van der Waals surface area contributed by atoms with Gasteiger partial charge >= 0.3 is 0 Å². The van der Waals surface area contributed by atoms with E-state index in [1.165, 1.54) is 0 Å². The third-order valence-corrected chi connectivity index (χ3v) is 4.84. The first-order chi connectivity index (χ1) is 11.4. The minimum atomic E-state index is -0.404. The van der Waals surface area contributed by atoms with Crippen LogP contribution in [0.25, 0.3) is 0 Å². The fourth-order valence-corrected chi connectivity index (χ4v) is 3.31. The van der Waals surface area contributed by atoms with E-state index in [1.807, 2.05) is 20.0 Å². The monoisotopic (exact) mass is 330 g/mol. The fraction of sp³-hybridized carbons (Fsp3) is 0.500. The summed E-state index contributed by atoms with van der Waals surface area (Å²) in [5.41, 5.74) is 2.76. The molecule has 0 spiro atoms. The smallest absolute Gasteiger partial charge is 0.228 e. The second-order valence-corrected chi connectivity index (χ2v) is 6.35. The Morgan fingerprint density at radius 3 is 2.79 bits per heavy atom. The predicted octanol–water partition coefficient (Wildman–Crippen LogP) is 0.630. The molecule has 0 bridgehead atoms. The van der Waals surface area contributed by atoms with E-state index in [2.05, 4.69) is 15.3 Å². The summed E-state index contributed by atoms with van der Waals surface area (Å²) in [6.07, 6.45) is 3.63. The minimum Gasteiger partial charge on any atom is -0.340 e. The SMILES string of the molecule is Cc1c([C@@H]2[C@@H](C(=O)N(C)Cc3ccn[nH]3)CC(=O)N2C)cnn1C. The van der Waals surface area contributed by atoms with Crippen molar-refractivity contribution in [3.05, 3.63) is 35.4 Å². The number of nitrogens with one attached hydrogen (secondary N) is 1. The van der Waals surface area contributed by atoms with Crippen molar-refractivity contribution < 1.29 is 9.59 Å². The first kappa shape index (κ1) is 16.2. The van der Waals surface area contributed by atoms with Crippen LogP contribution in [0.4, 0.5) is 0 Å². The topological polar surface area (TPSA) is 87.1 Å². The summed E-state index contributed by atoms with van der Waals surface area (Å²) in [5.74, 6) is -0.467. The lowest BCUT2D eigenvalue weighted by Crippen LogP contribution is -2.36. The van der Waals surface area contributed by atoms with Gasteiger partial charge in [0.1, 0.15) is 0 Å². The van der Waals surface area contributed by atoms with Crippen molar-refractivity contribution in [2.45, 2.75) is 25.9 Å². The van der Waals surface area contributed by atoms with Gasteiger partial charge in [0, 0.05) is 45.0 Å². The van der Waals surface area contributed by atoms with Crippen LogP contribution >= 0.6 is 0 Å². The Morgan fingerprint density at radius 2 is 2.21 bits per heavy atom. The summed E-state index contributed by atoms with van der Waals surface area (Å²) >= 11 is 0. The lowest BCUT2D eigenvalue weighted by Gasteiger charge is -2.27. The molecule has 0 saturated carbocycles. The number of amides is 2. The average Bonchev–Trinajstić information content (AvgIpc) is 3.24. The largest absolute Gasteiger partial charge is 0.340 e. The van der Waals surface area contributed by atoms with Crippen LogP contribution in [0.2, 0.25) is 0 Å². The zero-order valence-electron chi connectivity index (χ0n) is 14.4. The highest BCUT2D eigenvalue weighted by Gasteiger charge is 2.44. The Labute approximate surface area is 140 Å². The van der Waals surface area contributed by atoms with Crippen LogP contribution < -0.4 is 0 Å². The third-order valence-electron chi connectivity index (χ3n) is 4.84. The first-order valence-corrected chi connectivity index (χ1v) is 7.87. The highest BCUT2D eigenvalue weighted by molar-refractivity contribution is 5.90. The number of rotatable bonds is 4. The van der Waals surface area contributed by atoms with Gasteiger partial charge in [-0.1, -0.05) is 0 Å². The zero-order valence-corrected chi connectivity index (χ0v) is 14.4. The molecule has 8 heteroatoms. The molecular formula is C16H22N6O2. The van der Waals surface area contributed by atoms with E-state index in [4.69, 9.17) is 0 Å². The second-order valence-electron chi connectivity index (χ2n) is 6.35. The highest BCUT2D eigenvalue weighted by Crippen LogP contribution is 2.39. The predicted molar refractivity (Wildman–Crippen MR) is 86.6 cm³/mol. The molecule has 0 aromatic carbocycles. The molecule has 1 N–H and O–H groups in total. The fourth-order valence-electron chi connectivity index (χ4n) is 3.31. The van der Waals surface area contributed by atoms with E-state index in [1.54, 1.807) is 41.0 Å². The van der Waals surface area contributed by atoms with Crippen LogP contribution in [0, 0.1) is 12.8 Å². The van der Waals surface area contributed by atoms with Gasteiger partial charge in [0.15, 0.2) is 0 Å². The van der Waals surface area contributed by atoms with Gasteiger partial charge < -0.3 is 9.80 Å². The molecule has 1 aliphatic rings. The molecule has 2 aromatic heterocycles. The molecule has 8 nitrogen and oxygen atoms in total. The summed E-state index contributed by atoms with van der Waals surface area (Å²) in [6.45, 7) is 2.39. The highest BCUT2D eigenvalue weighted by atomic mass is 16.2. The van der Waals surface area contributed by atoms with E-state index < -0.39 is 5.92 Å². The van der Waals surface area contributed by atoms with Crippen molar-refractivity contribution in [3.8, 4) is 0 Å². The number of nitrogens with zero attached hydrogens (tertiary/aromatic N) is 5. The normalized spacial score (nSPS) is 20.7. The summed E-state index contributed by atoms with van der Waals surface area (Å²) in [5, 5.41) is 11.0. The molecule has 2 aromatic rings. The van der Waals surface area contributed by atoms with Crippen molar-refractivity contribution >= 4 is 11.8 Å². The molecule has 2 atom stereocenters. The maximum Gasteiger partial charge on any atom is 0.228 e. The first-order valence-electron chi connectivity index (χ1n) is 7.87. The average molecular weight is 330 g/mol. The quantitative estimate of drug-likeness (QED) is 0.891. The van der Waals surface area contributed by atoms with Gasteiger partial charge in [-0.2, -0.15) is 10.2 Å². The van der Waals surface area contributed by atoms with Crippen LogP contribution in [-0.2, 0) is 23.2 Å². The number of aryl methyl sites for hydroxylation is 1. The molecule has 1 aliphatic heterocycles. The van der Waals surface area contributed by atoms with Gasteiger partial charge in [-0.15, -0.1) is 0 Å². The lowest BCUT2D eigenvalue weighted by atomic mass is 9.93. The Morgan fingerprint density at radius 1 is 1.46 bits per heavy atom. The summed E-state index contributed by atoms with van der Waals surface area (Å²) in [6, 6.07) is 1.56. The number of carbonyl (C=O) groups is 2. The standard InChI is InChI=1S/C16H22N6O2/c1-10-13(8-18-22(10)4)15-12(7-14(23)21(15)3)16(24)20(2)9-11-5-6-17-19-11/h5-6,8,12,15H,7,9H2,1-4H3,(H,17,19)/t12-,15-/m0/s1. The van der Waals surface area contributed by atoms with Crippen molar-refractivity contribution in [3.63, 3.8) is 0 Å². The van der Waals surface area contributed by atoms with Crippen LogP contribution in [-0.4, -0.2) is 55.7 Å². The van der Waals surface area contributed by atoms with E-state index >= 15 is 0 Å². The number of hydrogen-bond acceptors (Lipinski definition) is 4. The molecule has 0 radical (unpaired) electrons. The van der Waals surface area contributed by atoms with E-state index in [9.17, 15) is 9.59 Å². The van der Waals surface area contributed by atoms with Crippen molar-refractivity contribution in [1.29, 1.82) is 0 Å². The number of H-pyrrole nitrogens is 1. The molecule has 3 heterocycles. The number of hydrogen-bond donors (Lipinski definition) is 1. The summed E-state index contributed by atoms with van der Waals surface area (Å²) in [7, 11) is 5.36. The number of carbonyl (C=O) groups excluding carboxylic acids is 2. The van der Waals surface area contributed by atoms with E-state index in [0.29, 0.717) is 6.54 Å².